The molecule has 0 spiro atoms. The van der Waals surface area contributed by atoms with Crippen LogP contribution < -0.4 is 10.1 Å². The van der Waals surface area contributed by atoms with E-state index in [-0.39, 0.29) is 26.9 Å². The first kappa shape index (κ1) is 26.0. The van der Waals surface area contributed by atoms with Crippen molar-refractivity contribution >= 4 is 41.4 Å². The molecule has 0 saturated heterocycles. The van der Waals surface area contributed by atoms with Crippen molar-refractivity contribution in [3.63, 3.8) is 0 Å². The summed E-state index contributed by atoms with van der Waals surface area (Å²) in [7, 11) is 0.987. The number of benzene rings is 2. The zero-order valence-electron chi connectivity index (χ0n) is 17.5. The van der Waals surface area contributed by atoms with Gasteiger partial charge in [0.2, 0.25) is 6.34 Å². The number of nitrogens with zero attached hydrogens (tertiary/aromatic N) is 3. The highest BCUT2D eigenvalue weighted by molar-refractivity contribution is 6.32. The van der Waals surface area contributed by atoms with Crippen LogP contribution >= 0.6 is 23.2 Å². The lowest BCUT2D eigenvalue weighted by Crippen LogP contribution is -2.49. The molecule has 0 bridgehead atoms. The van der Waals surface area contributed by atoms with Crippen LogP contribution in [0.25, 0.3) is 0 Å². The first-order chi connectivity index (χ1) is 16.3. The second kappa shape index (κ2) is 9.91. The molecule has 0 saturated carbocycles. The molecule has 1 N–H and O–H groups in total. The van der Waals surface area contributed by atoms with E-state index in [1.807, 2.05) is 6.07 Å². The Labute approximate surface area is 205 Å². The number of amides is 1. The summed E-state index contributed by atoms with van der Waals surface area (Å²) in [6.45, 7) is -0.443. The van der Waals surface area contributed by atoms with Crippen LogP contribution in [-0.2, 0) is 21.0 Å². The predicted molar refractivity (Wildman–Crippen MR) is 114 cm³/mol. The molecule has 2 aromatic carbocycles. The van der Waals surface area contributed by atoms with Crippen molar-refractivity contribution in [2.24, 2.45) is 4.99 Å². The van der Waals surface area contributed by atoms with Gasteiger partial charge in [0.1, 0.15) is 19.0 Å². The lowest BCUT2D eigenvalue weighted by molar-refractivity contribution is -0.960. The molecular weight excluding hydrogens is 519 g/mol. The fourth-order valence-electron chi connectivity index (χ4n) is 2.84. The van der Waals surface area contributed by atoms with Gasteiger partial charge in [0.05, 0.1) is 16.7 Å². The van der Waals surface area contributed by atoms with Crippen molar-refractivity contribution in [1.82, 2.24) is 5.32 Å². The number of quaternary nitrogens is 1. The number of rotatable bonds is 6. The van der Waals surface area contributed by atoms with Crippen molar-refractivity contribution in [2.75, 3.05) is 7.05 Å². The molecule has 1 atom stereocenters. The van der Waals surface area contributed by atoms with E-state index in [0.717, 1.165) is 19.6 Å². The molecule has 1 unspecified atom stereocenters. The highest BCUT2D eigenvalue weighted by atomic mass is 35.5. The monoisotopic (exact) mass is 531 g/mol. The molecule has 3 rings (SSSR count). The fraction of sp³-hybridized carbons (Fsp3) is 0.143. The lowest BCUT2D eigenvalue weighted by atomic mass is 10.2. The molecule has 1 aliphatic heterocycles. The number of hydrogen-bond donors (Lipinski definition) is 1. The van der Waals surface area contributed by atoms with E-state index >= 15 is 4.39 Å². The molecule has 14 heteroatoms. The van der Waals surface area contributed by atoms with Crippen molar-refractivity contribution in [2.45, 2.75) is 12.7 Å². The summed E-state index contributed by atoms with van der Waals surface area (Å²) < 4.78 is 57.0. The molecule has 0 aromatic heterocycles. The van der Waals surface area contributed by atoms with Gasteiger partial charge >= 0.3 is 18.1 Å². The third-order valence-corrected chi connectivity index (χ3v) is 5.00. The molecule has 8 nitrogen and oxygen atoms in total. The lowest BCUT2D eigenvalue weighted by Gasteiger charge is -2.23. The Morgan fingerprint density at radius 3 is 2.60 bits per heavy atom. The summed E-state index contributed by atoms with van der Waals surface area (Å²) in [5, 5.41) is 11.4. The van der Waals surface area contributed by atoms with E-state index < -0.39 is 46.5 Å². The molecule has 1 heterocycles. The van der Waals surface area contributed by atoms with E-state index in [1.165, 1.54) is 30.3 Å². The molecule has 0 fully saturated rings. The smallest absolute Gasteiger partial charge is 0.453 e. The number of aliphatic imine (C=N–C) groups is 1. The normalized spacial score (nSPS) is 16.9. The van der Waals surface area contributed by atoms with Crippen LogP contribution in [0.2, 0.25) is 10.0 Å². The van der Waals surface area contributed by atoms with E-state index in [1.54, 1.807) is 0 Å². The topological polar surface area (TPSA) is 101 Å². The van der Waals surface area contributed by atoms with Crippen molar-refractivity contribution in [1.29, 1.82) is 5.26 Å². The molecule has 2 aromatic rings. The van der Waals surface area contributed by atoms with Crippen LogP contribution in [-0.4, -0.2) is 36.1 Å². The highest BCUT2D eigenvalue weighted by Gasteiger charge is 2.50. The van der Waals surface area contributed by atoms with Crippen molar-refractivity contribution in [3.8, 4) is 17.6 Å². The maximum Gasteiger partial charge on any atom is 0.497 e. The van der Waals surface area contributed by atoms with Crippen LogP contribution in [0.4, 0.5) is 17.6 Å². The van der Waals surface area contributed by atoms with Gasteiger partial charge in [-0.1, -0.05) is 33.9 Å². The van der Waals surface area contributed by atoms with E-state index in [4.69, 9.17) is 33.2 Å². The van der Waals surface area contributed by atoms with Crippen LogP contribution in [0, 0.1) is 17.1 Å². The zero-order valence-corrected chi connectivity index (χ0v) is 19.0. The number of carbonyl (C=O) groups excluding carboxylic acids is 2. The molecule has 35 heavy (non-hydrogen) atoms. The Balaban J connectivity index is 1.76. The largest absolute Gasteiger partial charge is 0.497 e. The molecule has 182 valence electrons. The number of hydroxylamine groups is 3. The summed E-state index contributed by atoms with van der Waals surface area (Å²) in [5.41, 5.74) is -0.399. The van der Waals surface area contributed by atoms with Gasteiger partial charge in [-0.2, -0.15) is 18.4 Å². The van der Waals surface area contributed by atoms with Gasteiger partial charge in [0.15, 0.2) is 11.6 Å². The van der Waals surface area contributed by atoms with Gasteiger partial charge in [-0.3, -0.25) is 9.63 Å². The maximum atomic E-state index is 15.1. The Hall–Kier alpha value is -3.66. The Bertz CT molecular complexity index is 1310. The number of ether oxygens (including phenoxy) is 1. The van der Waals surface area contributed by atoms with Crippen LogP contribution in [0.15, 0.2) is 47.2 Å². The maximum absolute atomic E-state index is 15.1. The summed E-state index contributed by atoms with van der Waals surface area (Å²) in [6, 6.07) is 8.43. The third kappa shape index (κ3) is 5.89. The second-order valence-corrected chi connectivity index (χ2v) is 7.91. The minimum atomic E-state index is -5.29. The summed E-state index contributed by atoms with van der Waals surface area (Å²) in [6.07, 6.45) is -3.59. The van der Waals surface area contributed by atoms with Gasteiger partial charge < -0.3 is 10.1 Å². The van der Waals surface area contributed by atoms with Gasteiger partial charge in [-0.25, -0.2) is 14.2 Å². The Kier molecular flexibility index (Phi) is 7.35. The molecule has 0 radical (unpaired) electrons. The number of carbonyl (C=O) groups is 2. The van der Waals surface area contributed by atoms with E-state index in [2.05, 4.69) is 15.1 Å². The molecule has 0 aliphatic carbocycles. The van der Waals surface area contributed by atoms with Gasteiger partial charge in [0.25, 0.3) is 5.70 Å². The van der Waals surface area contributed by atoms with E-state index in [9.17, 15) is 22.8 Å². The van der Waals surface area contributed by atoms with Gasteiger partial charge in [0, 0.05) is 17.1 Å². The molecule has 1 aliphatic rings. The average molecular weight is 532 g/mol. The van der Waals surface area contributed by atoms with Crippen LogP contribution in [0.3, 0.4) is 0 Å². The van der Waals surface area contributed by atoms with Gasteiger partial charge in [-0.05, 0) is 24.3 Å². The number of nitrogens with one attached hydrogen (secondary N) is 1. The number of likely N-dealkylation sites (N-methyl/N-ethyl adjacent to an activating group) is 1. The standard InChI is InChI=1S/C21H12Cl2F4N4O4/c1-31(35-20(33)21(25,26)27)10-29-9-16(31)19(32)30-8-12-2-3-15(23)18(17(12)24)34-14-5-11(7-28)4-13(22)6-14/h2-6,9-10H,8H2,1H3/p+1. The Morgan fingerprint density at radius 1 is 1.23 bits per heavy atom. The van der Waals surface area contributed by atoms with Crippen molar-refractivity contribution < 1.29 is 41.4 Å². The fourth-order valence-corrected chi connectivity index (χ4v) is 3.25. The molecular formula is C21H13Cl2F4N4O4+. The average Bonchev–Trinajstić information content (AvgIpc) is 3.15. The summed E-state index contributed by atoms with van der Waals surface area (Å²) in [5.74, 6) is -4.84. The minimum absolute atomic E-state index is 0.0313. The molecule has 1 amide bonds. The number of alkyl halides is 3. The predicted octanol–water partition coefficient (Wildman–Crippen LogP) is 4.76. The SMILES string of the molecule is C[N+]1(OC(=O)C(F)(F)F)C=NC=C1C(=O)NCc1ccc(Cl)c(Oc2cc(Cl)cc(C#N)c2)c1F. The summed E-state index contributed by atoms with van der Waals surface area (Å²) in [4.78, 5) is 31.7. The quantitative estimate of drug-likeness (QED) is 0.427. The third-order valence-electron chi connectivity index (χ3n) is 4.49. The number of nitriles is 1. The first-order valence-corrected chi connectivity index (χ1v) is 10.2. The van der Waals surface area contributed by atoms with Gasteiger partial charge in [-0.15, -0.1) is 0 Å². The zero-order chi connectivity index (χ0) is 26.0. The second-order valence-electron chi connectivity index (χ2n) is 7.07. The van der Waals surface area contributed by atoms with E-state index in [0.29, 0.717) is 0 Å². The van der Waals surface area contributed by atoms with Crippen molar-refractivity contribution in [3.05, 3.63) is 69.2 Å². The Morgan fingerprint density at radius 2 is 1.94 bits per heavy atom. The number of hydrogen-bond acceptors (Lipinski definition) is 6. The number of halogens is 6. The van der Waals surface area contributed by atoms with Crippen LogP contribution in [0.5, 0.6) is 11.5 Å². The highest BCUT2D eigenvalue weighted by Crippen LogP contribution is 2.35. The minimum Gasteiger partial charge on any atom is -0.453 e. The van der Waals surface area contributed by atoms with Crippen LogP contribution in [0.1, 0.15) is 11.1 Å². The summed E-state index contributed by atoms with van der Waals surface area (Å²) >= 11 is 12.0. The first-order valence-electron chi connectivity index (χ1n) is 9.39.